The van der Waals surface area contributed by atoms with E-state index in [0.29, 0.717) is 11.8 Å². The summed E-state index contributed by atoms with van der Waals surface area (Å²) in [6.07, 6.45) is 1.19. The van der Waals surface area contributed by atoms with Crippen LogP contribution in [0.25, 0.3) is 0 Å². The molecule has 1 unspecified atom stereocenters. The van der Waals surface area contributed by atoms with Crippen molar-refractivity contribution >= 4 is 0 Å². The summed E-state index contributed by atoms with van der Waals surface area (Å²) in [6.45, 7) is 14.1. The Bertz CT molecular complexity index is 116. The highest BCUT2D eigenvalue weighted by Gasteiger charge is 2.25. The van der Waals surface area contributed by atoms with Crippen LogP contribution < -0.4 is 0 Å². The molecule has 0 aromatic heterocycles. The van der Waals surface area contributed by atoms with Gasteiger partial charge in [-0.25, -0.2) is 0 Å². The van der Waals surface area contributed by atoms with Crippen molar-refractivity contribution in [2.24, 2.45) is 11.8 Å². The normalized spacial score (nSPS) is 15.2. The summed E-state index contributed by atoms with van der Waals surface area (Å²) in [5.74, 6) is 1.27. The van der Waals surface area contributed by atoms with Gasteiger partial charge in [0.25, 0.3) is 0 Å². The lowest BCUT2D eigenvalue weighted by Crippen LogP contribution is -2.33. The summed E-state index contributed by atoms with van der Waals surface area (Å²) in [6, 6.07) is 0. The van der Waals surface area contributed by atoms with Crippen LogP contribution in [0.1, 0.15) is 48.0 Å². The fourth-order valence-electron chi connectivity index (χ4n) is 1.02. The van der Waals surface area contributed by atoms with Gasteiger partial charge < -0.3 is 4.74 Å². The number of ether oxygens (including phenoxy) is 1. The minimum atomic E-state index is 0.0407. The van der Waals surface area contributed by atoms with Gasteiger partial charge in [0, 0.05) is 6.61 Å². The van der Waals surface area contributed by atoms with Crippen LogP contribution in [0.3, 0.4) is 0 Å². The summed E-state index contributed by atoms with van der Waals surface area (Å²) in [4.78, 5) is 0. The van der Waals surface area contributed by atoms with Crippen LogP contribution in [0.5, 0.6) is 0 Å². The second-order valence-corrected chi connectivity index (χ2v) is 4.62. The molecule has 74 valence electrons. The Hall–Kier alpha value is -0.0400. The summed E-state index contributed by atoms with van der Waals surface area (Å²) in [7, 11) is 0. The zero-order valence-corrected chi connectivity index (χ0v) is 9.48. The molecule has 0 rings (SSSR count). The van der Waals surface area contributed by atoms with Crippen molar-refractivity contribution in [3.63, 3.8) is 0 Å². The monoisotopic (exact) mass is 172 g/mol. The SMILES string of the molecule is CCC(C)C(C)(C)OCC(C)C. The quantitative estimate of drug-likeness (QED) is 0.617. The van der Waals surface area contributed by atoms with Gasteiger partial charge in [0.15, 0.2) is 0 Å². The molecule has 12 heavy (non-hydrogen) atoms. The third-order valence-electron chi connectivity index (χ3n) is 2.59. The van der Waals surface area contributed by atoms with Gasteiger partial charge in [-0.05, 0) is 25.7 Å². The number of rotatable bonds is 5. The molecule has 0 aromatic rings. The van der Waals surface area contributed by atoms with Crippen LogP contribution in [-0.2, 0) is 4.74 Å². The smallest absolute Gasteiger partial charge is 0.0651 e. The van der Waals surface area contributed by atoms with E-state index < -0.39 is 0 Å². The Labute approximate surface area is 77.5 Å². The Morgan fingerprint density at radius 1 is 1.17 bits per heavy atom. The van der Waals surface area contributed by atoms with Gasteiger partial charge in [0.1, 0.15) is 0 Å². The molecule has 0 heterocycles. The molecule has 1 heteroatoms. The first-order valence-electron chi connectivity index (χ1n) is 5.04. The molecule has 0 fully saturated rings. The lowest BCUT2D eigenvalue weighted by molar-refractivity contribution is -0.0665. The highest BCUT2D eigenvalue weighted by Crippen LogP contribution is 2.24. The Morgan fingerprint density at radius 2 is 1.67 bits per heavy atom. The molecular formula is C11H24O. The molecular weight excluding hydrogens is 148 g/mol. The van der Waals surface area contributed by atoms with E-state index in [4.69, 9.17) is 4.74 Å². The summed E-state index contributed by atoms with van der Waals surface area (Å²) >= 11 is 0. The molecule has 0 aliphatic heterocycles. The summed E-state index contributed by atoms with van der Waals surface area (Å²) < 4.78 is 5.84. The Balaban J connectivity index is 3.86. The van der Waals surface area contributed by atoms with Gasteiger partial charge in [-0.2, -0.15) is 0 Å². The molecule has 0 aliphatic carbocycles. The Morgan fingerprint density at radius 3 is 2.00 bits per heavy atom. The highest BCUT2D eigenvalue weighted by atomic mass is 16.5. The zero-order chi connectivity index (χ0) is 9.78. The maximum absolute atomic E-state index is 5.84. The molecule has 0 aromatic carbocycles. The second-order valence-electron chi connectivity index (χ2n) is 4.62. The van der Waals surface area contributed by atoms with E-state index in [1.807, 2.05) is 0 Å². The molecule has 0 N–H and O–H groups in total. The first kappa shape index (κ1) is 12.0. The van der Waals surface area contributed by atoms with E-state index >= 15 is 0 Å². The molecule has 0 radical (unpaired) electrons. The van der Waals surface area contributed by atoms with E-state index in [2.05, 4.69) is 41.5 Å². The molecule has 0 saturated heterocycles. The zero-order valence-electron chi connectivity index (χ0n) is 9.48. The van der Waals surface area contributed by atoms with Gasteiger partial charge in [0.2, 0.25) is 0 Å². The molecule has 0 amide bonds. The minimum Gasteiger partial charge on any atom is -0.375 e. The van der Waals surface area contributed by atoms with E-state index in [-0.39, 0.29) is 5.60 Å². The van der Waals surface area contributed by atoms with Crippen molar-refractivity contribution in [1.82, 2.24) is 0 Å². The number of hydrogen-bond acceptors (Lipinski definition) is 1. The van der Waals surface area contributed by atoms with Crippen molar-refractivity contribution in [2.45, 2.75) is 53.6 Å². The highest BCUT2D eigenvalue weighted by molar-refractivity contribution is 4.75. The lowest BCUT2D eigenvalue weighted by atomic mass is 9.90. The first-order chi connectivity index (χ1) is 5.40. The third kappa shape index (κ3) is 4.10. The fourth-order valence-corrected chi connectivity index (χ4v) is 1.02. The summed E-state index contributed by atoms with van der Waals surface area (Å²) in [5, 5.41) is 0. The average Bonchev–Trinajstić information content (AvgIpc) is 1.99. The molecule has 0 bridgehead atoms. The summed E-state index contributed by atoms with van der Waals surface area (Å²) in [5.41, 5.74) is 0.0407. The van der Waals surface area contributed by atoms with E-state index in [9.17, 15) is 0 Å². The molecule has 0 saturated carbocycles. The first-order valence-corrected chi connectivity index (χ1v) is 5.04. The molecule has 1 atom stereocenters. The minimum absolute atomic E-state index is 0.0407. The van der Waals surface area contributed by atoms with Gasteiger partial charge in [-0.1, -0.05) is 34.1 Å². The maximum Gasteiger partial charge on any atom is 0.0651 e. The van der Waals surface area contributed by atoms with Crippen molar-refractivity contribution in [1.29, 1.82) is 0 Å². The van der Waals surface area contributed by atoms with E-state index in [1.54, 1.807) is 0 Å². The molecule has 1 nitrogen and oxygen atoms in total. The fraction of sp³-hybridized carbons (Fsp3) is 1.00. The predicted molar refractivity (Wildman–Crippen MR) is 54.3 cm³/mol. The van der Waals surface area contributed by atoms with Gasteiger partial charge in [0.05, 0.1) is 5.60 Å². The van der Waals surface area contributed by atoms with Crippen LogP contribution in [0, 0.1) is 11.8 Å². The van der Waals surface area contributed by atoms with Crippen LogP contribution >= 0.6 is 0 Å². The van der Waals surface area contributed by atoms with Crippen LogP contribution in [0.2, 0.25) is 0 Å². The van der Waals surface area contributed by atoms with Crippen molar-refractivity contribution in [3.05, 3.63) is 0 Å². The number of hydrogen-bond donors (Lipinski definition) is 0. The lowest BCUT2D eigenvalue weighted by Gasteiger charge is -2.32. The van der Waals surface area contributed by atoms with Crippen molar-refractivity contribution < 1.29 is 4.74 Å². The van der Waals surface area contributed by atoms with E-state index in [1.165, 1.54) is 6.42 Å². The third-order valence-corrected chi connectivity index (χ3v) is 2.59. The topological polar surface area (TPSA) is 9.23 Å². The van der Waals surface area contributed by atoms with E-state index in [0.717, 1.165) is 6.61 Å². The average molecular weight is 172 g/mol. The predicted octanol–water partition coefficient (Wildman–Crippen LogP) is 3.48. The standard InChI is InChI=1S/C11H24O/c1-7-10(4)11(5,6)12-8-9(2)3/h9-10H,7-8H2,1-6H3. The van der Waals surface area contributed by atoms with Gasteiger partial charge >= 0.3 is 0 Å². The Kier molecular flexibility index (Phi) is 4.84. The largest absolute Gasteiger partial charge is 0.375 e. The van der Waals surface area contributed by atoms with Gasteiger partial charge in [-0.3, -0.25) is 0 Å². The van der Waals surface area contributed by atoms with Crippen molar-refractivity contribution in [2.75, 3.05) is 6.61 Å². The molecule has 0 aliphatic rings. The van der Waals surface area contributed by atoms with Crippen LogP contribution in [-0.4, -0.2) is 12.2 Å². The molecule has 0 spiro atoms. The van der Waals surface area contributed by atoms with Gasteiger partial charge in [-0.15, -0.1) is 0 Å². The van der Waals surface area contributed by atoms with Crippen LogP contribution in [0.15, 0.2) is 0 Å². The van der Waals surface area contributed by atoms with Crippen LogP contribution in [0.4, 0.5) is 0 Å². The maximum atomic E-state index is 5.84. The second kappa shape index (κ2) is 4.86. The van der Waals surface area contributed by atoms with Crippen molar-refractivity contribution in [3.8, 4) is 0 Å².